The Kier molecular flexibility index (Phi) is 5.39. The molecule has 0 N–H and O–H groups in total. The van der Waals surface area contributed by atoms with E-state index in [1.807, 2.05) is 0 Å². The number of carbonyl (C=O) groups excluding carboxylic acids is 1. The van der Waals surface area contributed by atoms with Crippen molar-refractivity contribution in [2.45, 2.75) is 0 Å². The number of aliphatic carboxylic acids is 1. The summed E-state index contributed by atoms with van der Waals surface area (Å²) < 4.78 is 6.18. The fraction of sp³-hybridized carbons (Fsp3) is 0. The molecule has 6 heavy (non-hydrogen) atoms. The summed E-state index contributed by atoms with van der Waals surface area (Å²) in [6.07, 6.45) is 0. The first kappa shape index (κ1) is 6.21. The molecule has 0 aromatic carbocycles. The van der Waals surface area contributed by atoms with Crippen LogP contribution in [0.3, 0.4) is 0 Å². The maximum atomic E-state index is 9.30. The molecule has 3 heteroatoms. The van der Waals surface area contributed by atoms with Gasteiger partial charge in [0.15, 0.2) is 0 Å². The van der Waals surface area contributed by atoms with E-state index in [0.717, 1.165) is 0 Å². The molecule has 0 saturated carbocycles. The van der Waals surface area contributed by atoms with Crippen LogP contribution in [0.4, 0.5) is 0 Å². The molecule has 0 bridgehead atoms. The Balaban J connectivity index is 0. The standard InChI is InChI=1S/C3H4O2.Na/c1-2-3(4)5;/h2H,1H2,(H,4,5);/q;+1/p-1/i2D;. The Labute approximate surface area is 59.6 Å². The Morgan fingerprint density at radius 2 is 2.33 bits per heavy atom. The van der Waals surface area contributed by atoms with E-state index in [1.165, 1.54) is 0 Å². The maximum Gasteiger partial charge on any atom is 1.00 e. The van der Waals surface area contributed by atoms with E-state index in [1.54, 1.807) is 0 Å². The molecule has 0 unspecified atom stereocenters. The number of hydrogen-bond donors (Lipinski definition) is 0. The van der Waals surface area contributed by atoms with Gasteiger partial charge in [0.05, 0.1) is 7.34 Å². The maximum absolute atomic E-state index is 9.30. The zero-order valence-corrected chi connectivity index (χ0v) is 5.52. The van der Waals surface area contributed by atoms with Crippen molar-refractivity contribution in [3.05, 3.63) is 12.6 Å². The summed E-state index contributed by atoms with van der Waals surface area (Å²) in [6, 6.07) is -0.685. The summed E-state index contributed by atoms with van der Waals surface area (Å²) in [7, 11) is 0. The molecular weight excluding hydrogens is 91.0 g/mol. The zero-order valence-electron chi connectivity index (χ0n) is 4.52. The average molecular weight is 95.1 g/mol. The van der Waals surface area contributed by atoms with Crippen LogP contribution in [-0.2, 0) is 4.79 Å². The van der Waals surface area contributed by atoms with Crippen LogP contribution in [0.5, 0.6) is 0 Å². The molecule has 0 spiro atoms. The topological polar surface area (TPSA) is 40.1 Å². The monoisotopic (exact) mass is 95.0 g/mol. The quantitative estimate of drug-likeness (QED) is 0.245. The van der Waals surface area contributed by atoms with Gasteiger partial charge in [-0.25, -0.2) is 0 Å². The average Bonchev–Trinajstić information content (AvgIpc) is 1.36. The summed E-state index contributed by atoms with van der Waals surface area (Å²) in [5.41, 5.74) is 0. The van der Waals surface area contributed by atoms with Gasteiger partial charge in [-0.3, -0.25) is 0 Å². The summed E-state index contributed by atoms with van der Waals surface area (Å²) in [6.45, 7) is 2.76. The zero-order chi connectivity index (χ0) is 5.15. The van der Waals surface area contributed by atoms with Crippen LogP contribution in [0, 0.1) is 0 Å². The smallest absolute Gasteiger partial charge is 0.545 e. The molecular formula is C3H3NaO2. The van der Waals surface area contributed by atoms with Crippen LogP contribution in [0.25, 0.3) is 0 Å². The van der Waals surface area contributed by atoms with Gasteiger partial charge >= 0.3 is 29.6 Å². The van der Waals surface area contributed by atoms with E-state index in [-0.39, 0.29) is 29.6 Å². The van der Waals surface area contributed by atoms with Gasteiger partial charge in [0, 0.05) is 0 Å². The van der Waals surface area contributed by atoms with Crippen molar-refractivity contribution >= 4 is 5.97 Å². The van der Waals surface area contributed by atoms with Gasteiger partial charge in [-0.2, -0.15) is 0 Å². The molecule has 0 radical (unpaired) electrons. The molecule has 28 valence electrons. The second-order valence-corrected chi connectivity index (χ2v) is 0.464. The molecule has 0 saturated heterocycles. The molecule has 0 fully saturated rings. The first-order chi connectivity index (χ1) is 2.64. The van der Waals surface area contributed by atoms with Gasteiger partial charge in [0.1, 0.15) is 0 Å². The number of carboxylic acid groups (broad SMARTS) is 1. The molecule has 0 heterocycles. The third-order valence-electron chi connectivity index (χ3n) is 0.144. The van der Waals surface area contributed by atoms with Crippen molar-refractivity contribution in [3.8, 4) is 0 Å². The van der Waals surface area contributed by atoms with Crippen LogP contribution in [0.1, 0.15) is 1.37 Å². The van der Waals surface area contributed by atoms with Gasteiger partial charge in [-0.05, 0) is 6.05 Å². The van der Waals surface area contributed by atoms with Crippen LogP contribution >= 0.6 is 0 Å². The van der Waals surface area contributed by atoms with Gasteiger partial charge in [0.2, 0.25) is 0 Å². The minimum Gasteiger partial charge on any atom is -0.545 e. The SMILES string of the molecule is [2H]C(=C)C(=O)[O-].[Na+]. The largest absolute Gasteiger partial charge is 1.00 e. The number of carbonyl (C=O) groups is 1. The second kappa shape index (κ2) is 5.21. The predicted molar refractivity (Wildman–Crippen MR) is 15.2 cm³/mol. The number of carboxylic acids is 1. The first-order valence-corrected chi connectivity index (χ1v) is 1.01. The van der Waals surface area contributed by atoms with Crippen molar-refractivity contribution in [1.82, 2.24) is 0 Å². The van der Waals surface area contributed by atoms with E-state index in [0.29, 0.717) is 0 Å². The fourth-order valence-electron chi connectivity index (χ4n) is 0. The van der Waals surface area contributed by atoms with E-state index < -0.39 is 12.0 Å². The van der Waals surface area contributed by atoms with Gasteiger partial charge < -0.3 is 9.90 Å². The van der Waals surface area contributed by atoms with E-state index in [4.69, 9.17) is 1.37 Å². The molecule has 0 aromatic heterocycles. The summed E-state index contributed by atoms with van der Waals surface area (Å²) in [5, 5.41) is 9.30. The summed E-state index contributed by atoms with van der Waals surface area (Å²) in [5.74, 6) is -1.52. The van der Waals surface area contributed by atoms with Crippen molar-refractivity contribution < 1.29 is 40.8 Å². The molecule has 0 aliphatic carbocycles. The molecule has 0 aliphatic rings. The van der Waals surface area contributed by atoms with Gasteiger partial charge in [0.25, 0.3) is 0 Å². The van der Waals surface area contributed by atoms with E-state index in [9.17, 15) is 9.90 Å². The van der Waals surface area contributed by atoms with Crippen LogP contribution in [-0.4, -0.2) is 5.97 Å². The van der Waals surface area contributed by atoms with Gasteiger partial charge in [-0.15, -0.1) is 0 Å². The molecule has 0 amide bonds. The third kappa shape index (κ3) is 8.88. The van der Waals surface area contributed by atoms with Crippen LogP contribution in [0.2, 0.25) is 0 Å². The molecule has 0 aromatic rings. The van der Waals surface area contributed by atoms with Crippen molar-refractivity contribution in [2.75, 3.05) is 0 Å². The first-order valence-electron chi connectivity index (χ1n) is 1.51. The van der Waals surface area contributed by atoms with Crippen molar-refractivity contribution in [3.63, 3.8) is 0 Å². The Hall–Kier alpha value is 0.210. The van der Waals surface area contributed by atoms with Crippen molar-refractivity contribution in [1.29, 1.82) is 0 Å². The second-order valence-electron chi connectivity index (χ2n) is 0.464. The Morgan fingerprint density at radius 3 is 2.33 bits per heavy atom. The Bertz CT molecular complexity index is 78.9. The molecule has 0 aliphatic heterocycles. The number of rotatable bonds is 1. The predicted octanol–water partition coefficient (Wildman–Crippen LogP) is -4.07. The minimum atomic E-state index is -1.52. The third-order valence-corrected chi connectivity index (χ3v) is 0.144. The minimum absolute atomic E-state index is 0. The molecule has 2 nitrogen and oxygen atoms in total. The van der Waals surface area contributed by atoms with E-state index >= 15 is 0 Å². The summed E-state index contributed by atoms with van der Waals surface area (Å²) in [4.78, 5) is 9.30. The fourth-order valence-corrected chi connectivity index (χ4v) is 0. The van der Waals surface area contributed by atoms with Crippen LogP contribution < -0.4 is 34.7 Å². The number of hydrogen-bond acceptors (Lipinski definition) is 2. The van der Waals surface area contributed by atoms with Crippen LogP contribution in [0.15, 0.2) is 12.6 Å². The Morgan fingerprint density at radius 1 is 2.17 bits per heavy atom. The normalized spacial score (nSPS) is 7.67. The summed E-state index contributed by atoms with van der Waals surface area (Å²) >= 11 is 0. The molecule has 0 atom stereocenters. The van der Waals surface area contributed by atoms with Gasteiger partial charge in [-0.1, -0.05) is 6.58 Å². The molecule has 0 rings (SSSR count). The van der Waals surface area contributed by atoms with E-state index in [2.05, 4.69) is 6.58 Å². The van der Waals surface area contributed by atoms with Crippen molar-refractivity contribution in [2.24, 2.45) is 0 Å².